The predicted molar refractivity (Wildman–Crippen MR) is 58.3 cm³/mol. The fraction of sp³-hybridized carbons (Fsp3) is 0.250. The number of aromatic nitrogens is 1. The third kappa shape index (κ3) is 2.94. The molecular formula is C8H9BrClN3O. The molecule has 0 spiro atoms. The van der Waals surface area contributed by atoms with Gasteiger partial charge in [-0.25, -0.2) is 4.98 Å². The van der Waals surface area contributed by atoms with Crippen LogP contribution in [0.5, 0.6) is 0 Å². The molecule has 0 fully saturated rings. The van der Waals surface area contributed by atoms with Crippen molar-refractivity contribution in [1.82, 2.24) is 10.3 Å². The maximum absolute atomic E-state index is 11.5. The third-order valence-electron chi connectivity index (χ3n) is 1.50. The van der Waals surface area contributed by atoms with Crippen LogP contribution in [0.3, 0.4) is 0 Å². The van der Waals surface area contributed by atoms with Gasteiger partial charge in [0.15, 0.2) is 0 Å². The number of amides is 1. The largest absolute Gasteiger partial charge is 0.351 e. The summed E-state index contributed by atoms with van der Waals surface area (Å²) in [7, 11) is 0. The number of carbonyl (C=O) groups excluding carboxylic acids is 1. The van der Waals surface area contributed by atoms with Gasteiger partial charge in [-0.05, 0) is 22.0 Å². The summed E-state index contributed by atoms with van der Waals surface area (Å²) in [5.41, 5.74) is 5.71. The van der Waals surface area contributed by atoms with E-state index in [2.05, 4.69) is 26.2 Å². The second-order valence-corrected chi connectivity index (χ2v) is 3.77. The van der Waals surface area contributed by atoms with Crippen molar-refractivity contribution in [3.05, 3.63) is 27.5 Å². The first-order valence-electron chi connectivity index (χ1n) is 3.94. The Bertz CT molecular complexity index is 345. The second kappa shape index (κ2) is 5.29. The topological polar surface area (TPSA) is 68.0 Å². The number of carbonyl (C=O) groups is 1. The van der Waals surface area contributed by atoms with E-state index < -0.39 is 0 Å². The van der Waals surface area contributed by atoms with E-state index in [1.807, 2.05) is 0 Å². The molecule has 76 valence electrons. The van der Waals surface area contributed by atoms with Crippen LogP contribution in [0.4, 0.5) is 0 Å². The molecule has 0 aliphatic heterocycles. The highest BCUT2D eigenvalue weighted by atomic mass is 79.9. The molecule has 0 saturated heterocycles. The highest BCUT2D eigenvalue weighted by molar-refractivity contribution is 9.10. The van der Waals surface area contributed by atoms with Gasteiger partial charge in [0, 0.05) is 23.8 Å². The normalized spacial score (nSPS) is 9.93. The van der Waals surface area contributed by atoms with Gasteiger partial charge in [-0.15, -0.1) is 0 Å². The lowest BCUT2D eigenvalue weighted by Crippen LogP contribution is -2.29. The zero-order valence-electron chi connectivity index (χ0n) is 7.26. The Morgan fingerprint density at radius 3 is 3.07 bits per heavy atom. The van der Waals surface area contributed by atoms with Crippen LogP contribution in [0, 0.1) is 0 Å². The molecule has 4 nitrogen and oxygen atoms in total. The molecule has 0 aliphatic carbocycles. The summed E-state index contributed by atoms with van der Waals surface area (Å²) in [5.74, 6) is -0.216. The summed E-state index contributed by atoms with van der Waals surface area (Å²) in [6.45, 7) is 0.841. The zero-order valence-corrected chi connectivity index (χ0v) is 9.60. The summed E-state index contributed by atoms with van der Waals surface area (Å²) in [5, 5.41) is 2.92. The van der Waals surface area contributed by atoms with Crippen molar-refractivity contribution in [2.75, 3.05) is 13.1 Å². The number of nitrogens with one attached hydrogen (secondary N) is 1. The van der Waals surface area contributed by atoms with Crippen molar-refractivity contribution in [3.8, 4) is 0 Å². The van der Waals surface area contributed by atoms with Gasteiger partial charge in [0.2, 0.25) is 0 Å². The van der Waals surface area contributed by atoms with Crippen molar-refractivity contribution >= 4 is 33.4 Å². The average Bonchev–Trinajstić information content (AvgIpc) is 2.18. The van der Waals surface area contributed by atoms with E-state index in [0.717, 1.165) is 0 Å². The highest BCUT2D eigenvalue weighted by Crippen LogP contribution is 2.18. The number of halogens is 2. The fourth-order valence-corrected chi connectivity index (χ4v) is 1.42. The van der Waals surface area contributed by atoms with Gasteiger partial charge in [0.05, 0.1) is 5.56 Å². The van der Waals surface area contributed by atoms with Crippen LogP contribution in [0.1, 0.15) is 10.4 Å². The average molecular weight is 279 g/mol. The maximum Gasteiger partial charge on any atom is 0.252 e. The number of nitrogens with zero attached hydrogens (tertiary/aromatic N) is 1. The molecule has 0 radical (unpaired) electrons. The van der Waals surface area contributed by atoms with Gasteiger partial charge in [0.25, 0.3) is 5.91 Å². The number of hydrogen-bond donors (Lipinski definition) is 2. The van der Waals surface area contributed by atoms with Crippen molar-refractivity contribution in [3.63, 3.8) is 0 Å². The second-order valence-electron chi connectivity index (χ2n) is 2.53. The first-order chi connectivity index (χ1) is 6.65. The van der Waals surface area contributed by atoms with Crippen LogP contribution < -0.4 is 11.1 Å². The van der Waals surface area contributed by atoms with Gasteiger partial charge in [-0.2, -0.15) is 0 Å². The molecule has 0 atom stereocenters. The number of nitrogens with two attached hydrogens (primary N) is 1. The van der Waals surface area contributed by atoms with Crippen molar-refractivity contribution < 1.29 is 4.79 Å². The summed E-state index contributed by atoms with van der Waals surface area (Å²) < 4.78 is 0.608. The quantitative estimate of drug-likeness (QED) is 0.816. The molecule has 0 saturated carbocycles. The van der Waals surface area contributed by atoms with Crippen LogP contribution in [0.2, 0.25) is 5.15 Å². The molecule has 1 aromatic rings. The van der Waals surface area contributed by atoms with E-state index in [1.54, 1.807) is 0 Å². The van der Waals surface area contributed by atoms with Gasteiger partial charge < -0.3 is 11.1 Å². The predicted octanol–water partition coefficient (Wildman–Crippen LogP) is 1.19. The van der Waals surface area contributed by atoms with E-state index in [4.69, 9.17) is 17.3 Å². The highest BCUT2D eigenvalue weighted by Gasteiger charge is 2.10. The minimum Gasteiger partial charge on any atom is -0.351 e. The molecule has 0 bridgehead atoms. The molecule has 1 heterocycles. The maximum atomic E-state index is 11.5. The number of pyridine rings is 1. The molecule has 0 unspecified atom stereocenters. The van der Waals surface area contributed by atoms with Crippen LogP contribution in [-0.4, -0.2) is 24.0 Å². The Morgan fingerprint density at radius 1 is 1.71 bits per heavy atom. The van der Waals surface area contributed by atoms with E-state index in [-0.39, 0.29) is 11.1 Å². The first kappa shape index (κ1) is 11.4. The van der Waals surface area contributed by atoms with Gasteiger partial charge in [0.1, 0.15) is 5.15 Å². The molecule has 1 aromatic heterocycles. The van der Waals surface area contributed by atoms with E-state index >= 15 is 0 Å². The molecule has 14 heavy (non-hydrogen) atoms. The number of rotatable bonds is 3. The smallest absolute Gasteiger partial charge is 0.252 e. The van der Waals surface area contributed by atoms with E-state index in [9.17, 15) is 4.79 Å². The molecule has 0 aliphatic rings. The Morgan fingerprint density at radius 2 is 2.43 bits per heavy atom. The van der Waals surface area contributed by atoms with Crippen molar-refractivity contribution in [1.29, 1.82) is 0 Å². The van der Waals surface area contributed by atoms with Crippen LogP contribution in [-0.2, 0) is 0 Å². The summed E-state index contributed by atoms with van der Waals surface area (Å²) in [6, 6.07) is 1.50. The van der Waals surface area contributed by atoms with Crippen molar-refractivity contribution in [2.24, 2.45) is 5.73 Å². The Kier molecular flexibility index (Phi) is 4.31. The summed E-state index contributed by atoms with van der Waals surface area (Å²) >= 11 is 8.87. The van der Waals surface area contributed by atoms with Crippen LogP contribution in [0.25, 0.3) is 0 Å². The SMILES string of the molecule is NCCNC(=O)c1cc(Cl)ncc1Br. The van der Waals surface area contributed by atoms with Crippen LogP contribution in [0.15, 0.2) is 16.7 Å². The molecule has 3 N–H and O–H groups in total. The Labute approximate surface area is 95.0 Å². The lowest BCUT2D eigenvalue weighted by Gasteiger charge is -2.05. The zero-order chi connectivity index (χ0) is 10.6. The molecule has 6 heteroatoms. The lowest BCUT2D eigenvalue weighted by molar-refractivity contribution is 0.0954. The molecule has 0 aromatic carbocycles. The third-order valence-corrected chi connectivity index (χ3v) is 2.34. The van der Waals surface area contributed by atoms with Crippen molar-refractivity contribution in [2.45, 2.75) is 0 Å². The molecule has 1 amide bonds. The van der Waals surface area contributed by atoms with Gasteiger partial charge in [-0.1, -0.05) is 11.6 Å². The monoisotopic (exact) mass is 277 g/mol. The van der Waals surface area contributed by atoms with Crippen LogP contribution >= 0.6 is 27.5 Å². The van der Waals surface area contributed by atoms with E-state index in [1.165, 1.54) is 12.3 Å². The van der Waals surface area contributed by atoms with Gasteiger partial charge >= 0.3 is 0 Å². The fourth-order valence-electron chi connectivity index (χ4n) is 0.868. The van der Waals surface area contributed by atoms with E-state index in [0.29, 0.717) is 23.1 Å². The standard InChI is InChI=1S/C8H9BrClN3O/c9-6-4-13-7(10)3-5(6)8(14)12-2-1-11/h3-4H,1-2,11H2,(H,12,14). The minimum atomic E-state index is -0.216. The number of hydrogen-bond acceptors (Lipinski definition) is 3. The summed E-state index contributed by atoms with van der Waals surface area (Å²) in [6.07, 6.45) is 1.49. The first-order valence-corrected chi connectivity index (χ1v) is 5.11. The molecule has 1 rings (SSSR count). The van der Waals surface area contributed by atoms with Gasteiger partial charge in [-0.3, -0.25) is 4.79 Å². The Balaban J connectivity index is 2.83. The molecular weight excluding hydrogens is 269 g/mol. The minimum absolute atomic E-state index is 0.216. The summed E-state index contributed by atoms with van der Waals surface area (Å²) in [4.78, 5) is 15.3. The Hall–Kier alpha value is -0.650. The lowest BCUT2D eigenvalue weighted by atomic mass is 10.2.